The first kappa shape index (κ1) is 13.4. The third-order valence-electron chi connectivity index (χ3n) is 2.53. The topological polar surface area (TPSA) is 17.1 Å². The van der Waals surface area contributed by atoms with Crippen LogP contribution in [0.1, 0.15) is 58.8 Å². The van der Waals surface area contributed by atoms with Crippen molar-refractivity contribution in [1.82, 2.24) is 0 Å². The molecular weight excluding hydrogens is 172 g/mol. The molecule has 0 amide bonds. The van der Waals surface area contributed by atoms with Crippen LogP contribution in [0.4, 0.5) is 0 Å². The third kappa shape index (κ3) is 9.50. The van der Waals surface area contributed by atoms with Gasteiger partial charge in [-0.3, -0.25) is 4.79 Å². The van der Waals surface area contributed by atoms with E-state index >= 15 is 0 Å². The van der Waals surface area contributed by atoms with E-state index in [1.807, 2.05) is 6.08 Å². The smallest absolute Gasteiger partial charge is 0.142 e. The van der Waals surface area contributed by atoms with Gasteiger partial charge >= 0.3 is 0 Å². The normalized spacial score (nSPS) is 13.3. The zero-order valence-electron chi connectivity index (χ0n) is 9.67. The van der Waals surface area contributed by atoms with Crippen LogP contribution in [0.25, 0.3) is 0 Å². The van der Waals surface area contributed by atoms with Gasteiger partial charge in [-0.1, -0.05) is 58.4 Å². The molecule has 1 atom stereocenters. The molecule has 0 radical (unpaired) electrons. The van der Waals surface area contributed by atoms with E-state index in [0.29, 0.717) is 5.92 Å². The monoisotopic (exact) mass is 196 g/mol. The summed E-state index contributed by atoms with van der Waals surface area (Å²) in [5.41, 5.74) is 0. The molecule has 0 N–H and O–H groups in total. The number of hydrogen-bond donors (Lipinski definition) is 0. The Hall–Kier alpha value is -0.590. The molecule has 0 heterocycles. The summed E-state index contributed by atoms with van der Waals surface area (Å²) in [6, 6.07) is 0. The summed E-state index contributed by atoms with van der Waals surface area (Å²) in [6.07, 6.45) is 13.8. The average Bonchev–Trinajstić information content (AvgIpc) is 2.20. The molecule has 0 fully saturated rings. The molecule has 0 rings (SSSR count). The van der Waals surface area contributed by atoms with Gasteiger partial charge in [-0.2, -0.15) is 0 Å². The van der Waals surface area contributed by atoms with Gasteiger partial charge in [0.15, 0.2) is 0 Å². The van der Waals surface area contributed by atoms with E-state index in [-0.39, 0.29) is 0 Å². The zero-order valence-corrected chi connectivity index (χ0v) is 9.67. The molecule has 0 aliphatic rings. The first-order chi connectivity index (χ1) is 6.81. The Kier molecular flexibility index (Phi) is 10.0. The Labute approximate surface area is 88.6 Å². The lowest BCUT2D eigenvalue weighted by atomic mass is 10.0. The van der Waals surface area contributed by atoms with Crippen LogP contribution in [0.15, 0.2) is 12.2 Å². The molecule has 0 bridgehead atoms. The number of allylic oxidation sites excluding steroid dienone is 2. The third-order valence-corrected chi connectivity index (χ3v) is 2.53. The summed E-state index contributed by atoms with van der Waals surface area (Å²) in [7, 11) is 0. The predicted molar refractivity (Wildman–Crippen MR) is 62.4 cm³/mol. The molecule has 0 spiro atoms. The lowest BCUT2D eigenvalue weighted by molar-refractivity contribution is -0.104. The fourth-order valence-electron chi connectivity index (χ4n) is 1.58. The van der Waals surface area contributed by atoms with Crippen molar-refractivity contribution in [2.24, 2.45) is 5.92 Å². The van der Waals surface area contributed by atoms with Crippen molar-refractivity contribution in [2.75, 3.05) is 0 Å². The van der Waals surface area contributed by atoms with Gasteiger partial charge in [0.25, 0.3) is 0 Å². The molecule has 1 heteroatoms. The quantitative estimate of drug-likeness (QED) is 0.308. The van der Waals surface area contributed by atoms with E-state index < -0.39 is 0 Å². The summed E-state index contributed by atoms with van der Waals surface area (Å²) in [5, 5.41) is 0. The lowest BCUT2D eigenvalue weighted by Crippen LogP contribution is -1.90. The van der Waals surface area contributed by atoms with Crippen LogP contribution in [-0.2, 0) is 4.79 Å². The molecular formula is C13H24O. The average molecular weight is 196 g/mol. The second-order valence-corrected chi connectivity index (χ2v) is 4.05. The Morgan fingerprint density at radius 3 is 2.36 bits per heavy atom. The highest BCUT2D eigenvalue weighted by Crippen LogP contribution is 2.12. The maximum absolute atomic E-state index is 10.1. The number of carbonyl (C=O) groups is 1. The lowest BCUT2D eigenvalue weighted by Gasteiger charge is -2.04. The molecule has 1 nitrogen and oxygen atoms in total. The van der Waals surface area contributed by atoms with Crippen molar-refractivity contribution in [3.8, 4) is 0 Å². The zero-order chi connectivity index (χ0) is 10.6. The summed E-state index contributed by atoms with van der Waals surface area (Å²) in [6.45, 7) is 4.42. The van der Waals surface area contributed by atoms with Crippen LogP contribution in [0.2, 0.25) is 0 Å². The van der Waals surface area contributed by atoms with Gasteiger partial charge in [-0.15, -0.1) is 0 Å². The van der Waals surface area contributed by atoms with Gasteiger partial charge < -0.3 is 0 Å². The Bertz CT molecular complexity index is 149. The first-order valence-corrected chi connectivity index (χ1v) is 5.93. The molecule has 1 unspecified atom stereocenters. The highest BCUT2D eigenvalue weighted by molar-refractivity contribution is 5.64. The van der Waals surface area contributed by atoms with Crippen LogP contribution in [0, 0.1) is 5.92 Å². The fourth-order valence-corrected chi connectivity index (χ4v) is 1.58. The first-order valence-electron chi connectivity index (χ1n) is 5.93. The van der Waals surface area contributed by atoms with E-state index in [0.717, 1.165) is 6.29 Å². The van der Waals surface area contributed by atoms with Crippen LogP contribution in [-0.4, -0.2) is 6.29 Å². The molecule has 0 aromatic rings. The fraction of sp³-hybridized carbons (Fsp3) is 0.769. The predicted octanol–water partition coefficient (Wildman–Crippen LogP) is 4.13. The number of aldehydes is 1. The van der Waals surface area contributed by atoms with Crippen LogP contribution in [0.3, 0.4) is 0 Å². The van der Waals surface area contributed by atoms with Crippen molar-refractivity contribution < 1.29 is 4.79 Å². The van der Waals surface area contributed by atoms with E-state index in [2.05, 4.69) is 13.8 Å². The molecule has 0 aliphatic heterocycles. The summed E-state index contributed by atoms with van der Waals surface area (Å²) >= 11 is 0. The number of carbonyl (C=O) groups excluding carboxylic acids is 1. The summed E-state index contributed by atoms with van der Waals surface area (Å²) in [4.78, 5) is 10.1. The highest BCUT2D eigenvalue weighted by atomic mass is 16.1. The van der Waals surface area contributed by atoms with Crippen molar-refractivity contribution in [2.45, 2.75) is 58.8 Å². The molecule has 0 aromatic carbocycles. The maximum atomic E-state index is 10.1. The molecule has 0 saturated carbocycles. The minimum absolute atomic E-state index is 0.561. The highest BCUT2D eigenvalue weighted by Gasteiger charge is 1.96. The van der Waals surface area contributed by atoms with E-state index in [4.69, 9.17) is 0 Å². The van der Waals surface area contributed by atoms with Gasteiger partial charge in [0, 0.05) is 0 Å². The van der Waals surface area contributed by atoms with Gasteiger partial charge in [0.05, 0.1) is 0 Å². The second kappa shape index (κ2) is 10.5. The van der Waals surface area contributed by atoms with Gasteiger partial charge in [-0.25, -0.2) is 0 Å². The minimum Gasteiger partial charge on any atom is -0.299 e. The number of hydrogen-bond acceptors (Lipinski definition) is 1. The maximum Gasteiger partial charge on any atom is 0.142 e. The van der Waals surface area contributed by atoms with Gasteiger partial charge in [0.2, 0.25) is 0 Å². The van der Waals surface area contributed by atoms with E-state index in [1.165, 1.54) is 44.9 Å². The molecule has 0 saturated heterocycles. The van der Waals surface area contributed by atoms with Crippen LogP contribution >= 0.6 is 0 Å². The van der Waals surface area contributed by atoms with Crippen LogP contribution in [0.5, 0.6) is 0 Å². The largest absolute Gasteiger partial charge is 0.299 e. The van der Waals surface area contributed by atoms with Crippen LogP contribution < -0.4 is 0 Å². The molecule has 14 heavy (non-hydrogen) atoms. The van der Waals surface area contributed by atoms with Crippen molar-refractivity contribution in [3.63, 3.8) is 0 Å². The van der Waals surface area contributed by atoms with Gasteiger partial charge in [0.1, 0.15) is 6.29 Å². The Morgan fingerprint density at radius 1 is 1.07 bits per heavy atom. The summed E-state index contributed by atoms with van der Waals surface area (Å²) in [5.74, 6) is 0.561. The van der Waals surface area contributed by atoms with Gasteiger partial charge in [-0.05, 0) is 18.4 Å². The Balaban J connectivity index is 3.18. The van der Waals surface area contributed by atoms with Crippen molar-refractivity contribution in [1.29, 1.82) is 0 Å². The molecule has 0 aliphatic carbocycles. The van der Waals surface area contributed by atoms with E-state index in [9.17, 15) is 4.79 Å². The standard InChI is InChI=1S/C13H24O/c1-3-4-5-6-7-8-10-13(2)11-9-12-14/h9,11-13H,3-8,10H2,1-2H3/b11-9+. The SMILES string of the molecule is CCCCCCCCC(C)/C=C/C=O. The number of rotatable bonds is 9. The molecule has 0 aromatic heterocycles. The Morgan fingerprint density at radius 2 is 1.71 bits per heavy atom. The molecule has 82 valence electrons. The van der Waals surface area contributed by atoms with Crippen molar-refractivity contribution >= 4 is 6.29 Å². The van der Waals surface area contributed by atoms with Crippen molar-refractivity contribution in [3.05, 3.63) is 12.2 Å². The number of unbranched alkanes of at least 4 members (excludes halogenated alkanes) is 5. The second-order valence-electron chi connectivity index (χ2n) is 4.05. The summed E-state index contributed by atoms with van der Waals surface area (Å²) < 4.78 is 0. The van der Waals surface area contributed by atoms with E-state index in [1.54, 1.807) is 6.08 Å². The minimum atomic E-state index is 0.561.